The van der Waals surface area contributed by atoms with Gasteiger partial charge in [0.25, 0.3) is 0 Å². The zero-order valence-corrected chi connectivity index (χ0v) is 12.0. The van der Waals surface area contributed by atoms with Gasteiger partial charge in [0.1, 0.15) is 0 Å². The molecule has 1 rings (SSSR count). The van der Waals surface area contributed by atoms with E-state index in [4.69, 9.17) is 5.11 Å². The summed E-state index contributed by atoms with van der Waals surface area (Å²) in [4.78, 5) is 22.7. The van der Waals surface area contributed by atoms with Crippen molar-refractivity contribution >= 4 is 11.9 Å². The van der Waals surface area contributed by atoms with Gasteiger partial charge in [-0.2, -0.15) is 0 Å². The number of carboxylic acids is 1. The number of carbonyl (C=O) groups excluding carboxylic acids is 1. The molecule has 19 heavy (non-hydrogen) atoms. The van der Waals surface area contributed by atoms with Crippen LogP contribution in [-0.2, 0) is 9.59 Å². The Morgan fingerprint density at radius 3 is 2.53 bits per heavy atom. The summed E-state index contributed by atoms with van der Waals surface area (Å²) in [6.45, 7) is 2.23. The van der Waals surface area contributed by atoms with Crippen LogP contribution >= 0.6 is 0 Å². The molecule has 1 unspecified atom stereocenters. The summed E-state index contributed by atoms with van der Waals surface area (Å²) in [6, 6.07) is 0. The highest BCUT2D eigenvalue weighted by Crippen LogP contribution is 2.27. The number of carbonyl (C=O) groups is 2. The number of hydrogen-bond donors (Lipinski definition) is 2. The monoisotopic (exact) mass is 269 g/mol. The van der Waals surface area contributed by atoms with Crippen molar-refractivity contribution < 1.29 is 14.7 Å². The number of rotatable bonds is 8. The lowest BCUT2D eigenvalue weighted by Crippen LogP contribution is -2.33. The molecule has 0 aromatic rings. The van der Waals surface area contributed by atoms with E-state index in [1.165, 1.54) is 32.1 Å². The molecule has 0 heterocycles. The van der Waals surface area contributed by atoms with Crippen LogP contribution in [0, 0.1) is 11.8 Å². The number of hydrogen-bond acceptors (Lipinski definition) is 2. The van der Waals surface area contributed by atoms with Gasteiger partial charge in [0, 0.05) is 13.0 Å². The maximum atomic E-state index is 11.7. The summed E-state index contributed by atoms with van der Waals surface area (Å²) in [5, 5.41) is 11.8. The lowest BCUT2D eigenvalue weighted by atomic mass is 9.86. The molecule has 0 aliphatic heterocycles. The minimum absolute atomic E-state index is 0.00734. The highest BCUT2D eigenvalue weighted by molar-refractivity contribution is 5.77. The van der Waals surface area contributed by atoms with Crippen molar-refractivity contribution in [1.29, 1.82) is 0 Å². The molecule has 1 atom stereocenters. The maximum Gasteiger partial charge on any atom is 0.308 e. The van der Waals surface area contributed by atoms with Crippen LogP contribution in [0.1, 0.15) is 64.7 Å². The standard InChI is InChI=1S/C15H27NO3/c1-2-6-13(15(18)19)11-16-14(17)10-9-12-7-4-3-5-8-12/h12-13H,2-11H2,1H3,(H,16,17)(H,18,19). The fourth-order valence-electron chi connectivity index (χ4n) is 2.80. The third kappa shape index (κ3) is 6.60. The lowest BCUT2D eigenvalue weighted by Gasteiger charge is -2.21. The van der Waals surface area contributed by atoms with E-state index in [-0.39, 0.29) is 12.5 Å². The molecule has 110 valence electrons. The first-order chi connectivity index (χ1) is 9.13. The van der Waals surface area contributed by atoms with Crippen molar-refractivity contribution in [2.45, 2.75) is 64.7 Å². The summed E-state index contributed by atoms with van der Waals surface area (Å²) < 4.78 is 0. The van der Waals surface area contributed by atoms with Crippen molar-refractivity contribution in [3.05, 3.63) is 0 Å². The molecule has 1 aliphatic carbocycles. The van der Waals surface area contributed by atoms with E-state index < -0.39 is 11.9 Å². The molecule has 0 bridgehead atoms. The Labute approximate surface area is 116 Å². The fraction of sp³-hybridized carbons (Fsp3) is 0.867. The SMILES string of the molecule is CCCC(CNC(=O)CCC1CCCCC1)C(=O)O. The van der Waals surface area contributed by atoms with Crippen LogP contribution in [0.3, 0.4) is 0 Å². The molecule has 0 saturated heterocycles. The molecule has 0 aromatic heterocycles. The first-order valence-corrected chi connectivity index (χ1v) is 7.63. The van der Waals surface area contributed by atoms with E-state index in [1.54, 1.807) is 0 Å². The van der Waals surface area contributed by atoms with Gasteiger partial charge in [-0.25, -0.2) is 0 Å². The first kappa shape index (κ1) is 16.0. The fourth-order valence-corrected chi connectivity index (χ4v) is 2.80. The number of amides is 1. The summed E-state index contributed by atoms with van der Waals surface area (Å²) in [6.07, 6.45) is 9.38. The van der Waals surface area contributed by atoms with Crippen molar-refractivity contribution in [3.8, 4) is 0 Å². The summed E-state index contributed by atoms with van der Waals surface area (Å²) in [7, 11) is 0. The van der Waals surface area contributed by atoms with Crippen LogP contribution in [0.5, 0.6) is 0 Å². The van der Waals surface area contributed by atoms with Crippen LogP contribution in [0.2, 0.25) is 0 Å². The number of nitrogens with one attached hydrogen (secondary N) is 1. The lowest BCUT2D eigenvalue weighted by molar-refractivity contribution is -0.141. The zero-order chi connectivity index (χ0) is 14.1. The van der Waals surface area contributed by atoms with Crippen LogP contribution in [0.15, 0.2) is 0 Å². The second-order valence-corrected chi connectivity index (χ2v) is 5.67. The van der Waals surface area contributed by atoms with E-state index in [2.05, 4.69) is 5.32 Å². The Hall–Kier alpha value is -1.06. The van der Waals surface area contributed by atoms with Crippen molar-refractivity contribution in [1.82, 2.24) is 5.32 Å². The highest BCUT2D eigenvalue weighted by atomic mass is 16.4. The molecule has 0 spiro atoms. The first-order valence-electron chi connectivity index (χ1n) is 7.63. The molecular weight excluding hydrogens is 242 g/mol. The van der Waals surface area contributed by atoms with Gasteiger partial charge in [-0.1, -0.05) is 45.4 Å². The summed E-state index contributed by atoms with van der Waals surface area (Å²) in [5.41, 5.74) is 0. The molecule has 1 aliphatic rings. The number of aliphatic carboxylic acids is 1. The molecular formula is C15H27NO3. The summed E-state index contributed by atoms with van der Waals surface area (Å²) in [5.74, 6) is -0.545. The molecule has 2 N–H and O–H groups in total. The van der Waals surface area contributed by atoms with Crippen LogP contribution in [0.25, 0.3) is 0 Å². The molecule has 1 saturated carbocycles. The average Bonchev–Trinajstić information content (AvgIpc) is 2.42. The highest BCUT2D eigenvalue weighted by Gasteiger charge is 2.18. The van der Waals surface area contributed by atoms with Gasteiger partial charge in [-0.15, -0.1) is 0 Å². The van der Waals surface area contributed by atoms with Crippen LogP contribution < -0.4 is 5.32 Å². The van der Waals surface area contributed by atoms with E-state index in [0.717, 1.165) is 12.8 Å². The van der Waals surface area contributed by atoms with E-state index in [1.807, 2.05) is 6.92 Å². The minimum atomic E-state index is -0.811. The number of carboxylic acid groups (broad SMARTS) is 1. The van der Waals surface area contributed by atoms with E-state index >= 15 is 0 Å². The van der Waals surface area contributed by atoms with Gasteiger partial charge < -0.3 is 10.4 Å². The zero-order valence-electron chi connectivity index (χ0n) is 12.0. The Kier molecular flexibility index (Phi) is 7.53. The second kappa shape index (κ2) is 8.94. The minimum Gasteiger partial charge on any atom is -0.481 e. The van der Waals surface area contributed by atoms with Crippen molar-refractivity contribution in [2.24, 2.45) is 11.8 Å². The molecule has 0 aromatic carbocycles. The van der Waals surface area contributed by atoms with Gasteiger partial charge in [0.15, 0.2) is 0 Å². The summed E-state index contributed by atoms with van der Waals surface area (Å²) >= 11 is 0. The molecule has 0 radical (unpaired) electrons. The average molecular weight is 269 g/mol. The van der Waals surface area contributed by atoms with Gasteiger partial charge in [-0.05, 0) is 18.8 Å². The largest absolute Gasteiger partial charge is 0.481 e. The molecule has 4 heteroatoms. The van der Waals surface area contributed by atoms with Gasteiger partial charge in [0.05, 0.1) is 5.92 Å². The molecule has 4 nitrogen and oxygen atoms in total. The molecule has 1 fully saturated rings. The topological polar surface area (TPSA) is 66.4 Å². The normalized spacial score (nSPS) is 17.9. The van der Waals surface area contributed by atoms with Crippen molar-refractivity contribution in [3.63, 3.8) is 0 Å². The quantitative estimate of drug-likeness (QED) is 0.712. The third-order valence-electron chi connectivity index (χ3n) is 4.04. The van der Waals surface area contributed by atoms with Crippen LogP contribution in [-0.4, -0.2) is 23.5 Å². The third-order valence-corrected chi connectivity index (χ3v) is 4.04. The Bertz CT molecular complexity index is 285. The second-order valence-electron chi connectivity index (χ2n) is 5.67. The van der Waals surface area contributed by atoms with Crippen LogP contribution in [0.4, 0.5) is 0 Å². The Morgan fingerprint density at radius 1 is 1.26 bits per heavy atom. The Balaban J connectivity index is 2.17. The Morgan fingerprint density at radius 2 is 1.95 bits per heavy atom. The predicted octanol–water partition coefficient (Wildman–Crippen LogP) is 2.96. The predicted molar refractivity (Wildman–Crippen MR) is 74.9 cm³/mol. The molecule has 1 amide bonds. The van der Waals surface area contributed by atoms with Crippen molar-refractivity contribution in [2.75, 3.05) is 6.54 Å². The van der Waals surface area contributed by atoms with Gasteiger partial charge >= 0.3 is 5.97 Å². The maximum absolute atomic E-state index is 11.7. The van der Waals surface area contributed by atoms with Gasteiger partial charge in [0.2, 0.25) is 5.91 Å². The van der Waals surface area contributed by atoms with Gasteiger partial charge in [-0.3, -0.25) is 9.59 Å². The van der Waals surface area contributed by atoms with E-state index in [9.17, 15) is 9.59 Å². The van der Waals surface area contributed by atoms with E-state index in [0.29, 0.717) is 18.8 Å². The smallest absolute Gasteiger partial charge is 0.308 e.